The number of ether oxygens (including phenoxy) is 1. The molecule has 1 aliphatic rings. The molecule has 1 fully saturated rings. The van der Waals surface area contributed by atoms with Crippen LogP contribution in [0.4, 0.5) is 5.69 Å². The smallest absolute Gasteiger partial charge is 0.255 e. The number of anilines is 1. The van der Waals surface area contributed by atoms with Crippen molar-refractivity contribution in [3.63, 3.8) is 0 Å². The summed E-state index contributed by atoms with van der Waals surface area (Å²) in [5, 5.41) is 11.7. The average molecular weight is 379 g/mol. The Hall–Kier alpha value is -2.15. The first-order chi connectivity index (χ1) is 12.5. The highest BCUT2D eigenvalue weighted by Gasteiger charge is 2.24. The number of hydrogen-bond acceptors (Lipinski definition) is 6. The van der Waals surface area contributed by atoms with Gasteiger partial charge in [-0.1, -0.05) is 6.92 Å². The summed E-state index contributed by atoms with van der Waals surface area (Å²) in [7, 11) is 1.44. The fourth-order valence-electron chi connectivity index (χ4n) is 3.17. The van der Waals surface area contributed by atoms with E-state index in [1.54, 1.807) is 6.07 Å². The maximum absolute atomic E-state index is 12.6. The van der Waals surface area contributed by atoms with Crippen LogP contribution in [-0.4, -0.2) is 58.9 Å². The normalized spacial score (nSPS) is 18.2. The number of likely N-dealkylation sites (tertiary alicyclic amines) is 1. The number of nitrogens with zero attached hydrogens (tertiary/aromatic N) is 3. The van der Waals surface area contributed by atoms with E-state index in [-0.39, 0.29) is 23.7 Å². The standard InChI is InChI=1S/C17H24N4O4S/c1-3-20-9-4-5-14(20)12-19-17(22)15-11-13(6-7-16(15)25-2)21(10-8-18)26(23)24/h6-7,11,14H,3-5,9-10,12H2,1-2H3,(H,19,22)(H,23,24)/p-1. The molecular formula is C17H23N4O4S-. The SMILES string of the molecule is CCN1CCCC1CNC(=O)c1cc(N(CC#N)S(=O)[O-])ccc1OC. The zero-order valence-corrected chi connectivity index (χ0v) is 15.8. The van der Waals surface area contributed by atoms with Crippen LogP contribution in [-0.2, 0) is 11.3 Å². The topological polar surface area (TPSA) is 109 Å². The Morgan fingerprint density at radius 3 is 2.96 bits per heavy atom. The van der Waals surface area contributed by atoms with E-state index in [4.69, 9.17) is 10.00 Å². The molecule has 0 aromatic heterocycles. The molecule has 1 heterocycles. The number of nitrogens with one attached hydrogen (secondary N) is 1. The molecule has 0 bridgehead atoms. The van der Waals surface area contributed by atoms with Crippen LogP contribution < -0.4 is 14.4 Å². The van der Waals surface area contributed by atoms with Gasteiger partial charge in [-0.2, -0.15) is 5.26 Å². The third kappa shape index (κ3) is 4.72. The number of hydrogen-bond donors (Lipinski definition) is 1. The van der Waals surface area contributed by atoms with Crippen LogP contribution in [0.1, 0.15) is 30.1 Å². The number of nitriles is 1. The van der Waals surface area contributed by atoms with Gasteiger partial charge in [-0.25, -0.2) is 0 Å². The van der Waals surface area contributed by atoms with E-state index < -0.39 is 11.3 Å². The van der Waals surface area contributed by atoms with Gasteiger partial charge in [0.1, 0.15) is 12.3 Å². The summed E-state index contributed by atoms with van der Waals surface area (Å²) in [6.45, 7) is 4.26. The third-order valence-electron chi connectivity index (χ3n) is 4.51. The zero-order chi connectivity index (χ0) is 19.1. The minimum atomic E-state index is -2.61. The summed E-state index contributed by atoms with van der Waals surface area (Å²) in [6.07, 6.45) is 2.15. The molecule has 1 aliphatic heterocycles. The van der Waals surface area contributed by atoms with E-state index in [0.29, 0.717) is 18.3 Å². The fraction of sp³-hybridized carbons (Fsp3) is 0.529. The lowest BCUT2D eigenvalue weighted by Crippen LogP contribution is -2.40. The second-order valence-electron chi connectivity index (χ2n) is 5.93. The molecule has 1 aromatic rings. The van der Waals surface area contributed by atoms with Gasteiger partial charge in [0.05, 0.1) is 24.4 Å². The van der Waals surface area contributed by atoms with Crippen molar-refractivity contribution in [1.82, 2.24) is 10.2 Å². The highest BCUT2D eigenvalue weighted by atomic mass is 32.2. The molecule has 0 spiro atoms. The predicted octanol–water partition coefficient (Wildman–Crippen LogP) is 1.03. The Morgan fingerprint density at radius 2 is 2.35 bits per heavy atom. The Labute approximate surface area is 156 Å². The van der Waals surface area contributed by atoms with Crippen molar-refractivity contribution < 1.29 is 18.3 Å². The first-order valence-corrected chi connectivity index (χ1v) is 9.49. The lowest BCUT2D eigenvalue weighted by molar-refractivity contribution is 0.0938. The van der Waals surface area contributed by atoms with Gasteiger partial charge in [0.25, 0.3) is 5.91 Å². The van der Waals surface area contributed by atoms with Crippen LogP contribution in [0.3, 0.4) is 0 Å². The lowest BCUT2D eigenvalue weighted by atomic mass is 10.1. The summed E-state index contributed by atoms with van der Waals surface area (Å²) in [5.74, 6) is 0.0128. The van der Waals surface area contributed by atoms with Crippen LogP contribution in [0.25, 0.3) is 0 Å². The molecule has 9 heteroatoms. The first kappa shape index (κ1) is 20.2. The number of benzene rings is 1. The number of carbonyl (C=O) groups excluding carboxylic acids is 1. The highest BCUT2D eigenvalue weighted by molar-refractivity contribution is 7.80. The van der Waals surface area contributed by atoms with Crippen molar-refractivity contribution in [2.24, 2.45) is 0 Å². The lowest BCUT2D eigenvalue weighted by Gasteiger charge is -2.25. The molecule has 1 amide bonds. The van der Waals surface area contributed by atoms with Crippen molar-refractivity contribution >= 4 is 22.9 Å². The van der Waals surface area contributed by atoms with E-state index >= 15 is 0 Å². The maximum Gasteiger partial charge on any atom is 0.255 e. The second kappa shape index (κ2) is 9.52. The quantitative estimate of drug-likeness (QED) is 0.534. The van der Waals surface area contributed by atoms with E-state index in [1.165, 1.54) is 25.3 Å². The average Bonchev–Trinajstić information content (AvgIpc) is 3.11. The molecule has 1 aromatic carbocycles. The number of amides is 1. The number of rotatable bonds is 8. The van der Waals surface area contributed by atoms with E-state index in [1.807, 2.05) is 0 Å². The van der Waals surface area contributed by atoms with Crippen LogP contribution in [0.5, 0.6) is 5.75 Å². The van der Waals surface area contributed by atoms with Crippen LogP contribution in [0, 0.1) is 11.3 Å². The van der Waals surface area contributed by atoms with Gasteiger partial charge in [-0.3, -0.25) is 18.2 Å². The Bertz CT molecular complexity index is 706. The van der Waals surface area contributed by atoms with Crippen molar-refractivity contribution in [2.45, 2.75) is 25.8 Å². The molecule has 26 heavy (non-hydrogen) atoms. The monoisotopic (exact) mass is 379 g/mol. The molecule has 0 aliphatic carbocycles. The van der Waals surface area contributed by atoms with Crippen LogP contribution in [0.15, 0.2) is 18.2 Å². The Balaban J connectivity index is 2.18. The van der Waals surface area contributed by atoms with E-state index in [2.05, 4.69) is 17.1 Å². The van der Waals surface area contributed by atoms with Crippen LogP contribution in [0.2, 0.25) is 0 Å². The number of methoxy groups -OCH3 is 1. The maximum atomic E-state index is 12.6. The minimum absolute atomic E-state index is 0.236. The molecule has 0 saturated carbocycles. The molecule has 1 N–H and O–H groups in total. The van der Waals surface area contributed by atoms with Gasteiger partial charge in [-0.05, 0) is 44.1 Å². The van der Waals surface area contributed by atoms with Gasteiger partial charge in [0.2, 0.25) is 0 Å². The largest absolute Gasteiger partial charge is 0.755 e. The molecular weight excluding hydrogens is 356 g/mol. The second-order valence-corrected chi connectivity index (χ2v) is 6.81. The van der Waals surface area contributed by atoms with Crippen molar-refractivity contribution in [2.75, 3.05) is 37.6 Å². The van der Waals surface area contributed by atoms with Gasteiger partial charge < -0.3 is 14.6 Å². The summed E-state index contributed by atoms with van der Waals surface area (Å²) in [6, 6.07) is 6.55. The Kier molecular flexibility index (Phi) is 7.38. The van der Waals surface area contributed by atoms with E-state index in [9.17, 15) is 13.6 Å². The van der Waals surface area contributed by atoms with Crippen LogP contribution >= 0.6 is 0 Å². The predicted molar refractivity (Wildman–Crippen MR) is 97.5 cm³/mol. The first-order valence-electron chi connectivity index (χ1n) is 8.46. The third-order valence-corrected chi connectivity index (χ3v) is 5.21. The van der Waals surface area contributed by atoms with Crippen molar-refractivity contribution in [3.05, 3.63) is 23.8 Å². The molecule has 2 rings (SSSR count). The van der Waals surface area contributed by atoms with Crippen molar-refractivity contribution in [3.8, 4) is 11.8 Å². The van der Waals surface area contributed by atoms with Gasteiger partial charge in [-0.15, -0.1) is 0 Å². The van der Waals surface area contributed by atoms with Gasteiger partial charge in [0, 0.05) is 23.9 Å². The molecule has 0 radical (unpaired) electrons. The minimum Gasteiger partial charge on any atom is -0.755 e. The molecule has 8 nitrogen and oxygen atoms in total. The van der Waals surface area contributed by atoms with E-state index in [0.717, 1.165) is 30.2 Å². The summed E-state index contributed by atoms with van der Waals surface area (Å²) >= 11 is -2.61. The van der Waals surface area contributed by atoms with Gasteiger partial charge in [0.15, 0.2) is 0 Å². The molecule has 142 valence electrons. The summed E-state index contributed by atoms with van der Waals surface area (Å²) in [4.78, 5) is 15.0. The Morgan fingerprint density at radius 1 is 1.58 bits per heavy atom. The molecule has 2 unspecified atom stereocenters. The highest BCUT2D eigenvalue weighted by Crippen LogP contribution is 2.26. The molecule has 1 saturated heterocycles. The summed E-state index contributed by atoms with van der Waals surface area (Å²) < 4.78 is 28.8. The van der Waals surface area contributed by atoms with Gasteiger partial charge >= 0.3 is 0 Å². The fourth-order valence-corrected chi connectivity index (χ4v) is 3.62. The number of carbonyl (C=O) groups is 1. The van der Waals surface area contributed by atoms with Crippen molar-refractivity contribution in [1.29, 1.82) is 5.26 Å². The number of likely N-dealkylation sites (N-methyl/N-ethyl adjacent to an activating group) is 1. The molecule has 2 atom stereocenters. The summed E-state index contributed by atoms with van der Waals surface area (Å²) in [5.41, 5.74) is 0.473. The zero-order valence-electron chi connectivity index (χ0n) is 14.9.